The summed E-state index contributed by atoms with van der Waals surface area (Å²) in [6.07, 6.45) is 0.927. The number of rotatable bonds is 6. The lowest BCUT2D eigenvalue weighted by atomic mass is 9.48. The maximum Gasteiger partial charge on any atom is 0.254 e. The third-order valence-electron chi connectivity index (χ3n) is 5.70. The number of hydrogen-bond donors (Lipinski definition) is 2. The predicted molar refractivity (Wildman–Crippen MR) is 92.8 cm³/mol. The van der Waals surface area contributed by atoms with E-state index in [-0.39, 0.29) is 29.1 Å². The monoisotopic (exact) mass is 349 g/mol. The normalized spacial score (nSPS) is 26.9. The summed E-state index contributed by atoms with van der Waals surface area (Å²) in [6, 6.07) is 4.59. The van der Waals surface area contributed by atoms with Gasteiger partial charge in [0.2, 0.25) is 0 Å². The van der Waals surface area contributed by atoms with Gasteiger partial charge in [-0.15, -0.1) is 0 Å². The van der Waals surface area contributed by atoms with Gasteiger partial charge in [0.1, 0.15) is 18.1 Å². The van der Waals surface area contributed by atoms with Crippen LogP contribution in [0.5, 0.6) is 11.5 Å². The second-order valence-corrected chi connectivity index (χ2v) is 7.98. The van der Waals surface area contributed by atoms with Crippen molar-refractivity contribution in [1.29, 1.82) is 0 Å². The van der Waals surface area contributed by atoms with Crippen molar-refractivity contribution in [2.45, 2.75) is 20.3 Å². The Hall–Kier alpha value is -1.79. The molecule has 1 saturated heterocycles. The highest BCUT2D eigenvalue weighted by atomic mass is 16.5. The van der Waals surface area contributed by atoms with Gasteiger partial charge in [-0.05, 0) is 29.9 Å². The summed E-state index contributed by atoms with van der Waals surface area (Å²) in [7, 11) is 1.58. The summed E-state index contributed by atoms with van der Waals surface area (Å²) >= 11 is 0. The highest BCUT2D eigenvalue weighted by Crippen LogP contribution is 2.62. The molecule has 1 amide bonds. The molecule has 2 aliphatic rings. The van der Waals surface area contributed by atoms with Crippen LogP contribution in [0.1, 0.15) is 30.6 Å². The predicted octanol–water partition coefficient (Wildman–Crippen LogP) is 1.90. The number of phenolic OH excluding ortho intramolecular Hbond substituents is 1. The van der Waals surface area contributed by atoms with E-state index in [4.69, 9.17) is 9.47 Å². The highest BCUT2D eigenvalue weighted by molar-refractivity contribution is 5.95. The fourth-order valence-electron chi connectivity index (χ4n) is 4.71. The van der Waals surface area contributed by atoms with E-state index in [1.165, 1.54) is 12.1 Å². The van der Waals surface area contributed by atoms with E-state index in [0.29, 0.717) is 43.5 Å². The summed E-state index contributed by atoms with van der Waals surface area (Å²) in [5, 5.41) is 19.8. The van der Waals surface area contributed by atoms with Gasteiger partial charge >= 0.3 is 0 Å². The Labute approximate surface area is 148 Å². The lowest BCUT2D eigenvalue weighted by Gasteiger charge is -2.55. The van der Waals surface area contributed by atoms with Crippen LogP contribution in [-0.4, -0.2) is 61.0 Å². The van der Waals surface area contributed by atoms with Gasteiger partial charge in [0.05, 0.1) is 13.2 Å². The van der Waals surface area contributed by atoms with Crippen LogP contribution in [0.2, 0.25) is 0 Å². The first kappa shape index (κ1) is 18.0. The average Bonchev–Trinajstić information content (AvgIpc) is 2.89. The minimum atomic E-state index is -0.173. The molecule has 1 aromatic carbocycles. The van der Waals surface area contributed by atoms with E-state index in [9.17, 15) is 15.0 Å². The molecule has 0 spiro atoms. The summed E-state index contributed by atoms with van der Waals surface area (Å²) in [6.45, 7) is 6.47. The Bertz CT molecular complexity index is 659. The van der Waals surface area contributed by atoms with E-state index in [2.05, 4.69) is 13.8 Å². The van der Waals surface area contributed by atoms with Gasteiger partial charge in [-0.1, -0.05) is 13.8 Å². The molecule has 0 radical (unpaired) electrons. The molecule has 0 bridgehead atoms. The quantitative estimate of drug-likeness (QED) is 0.767. The van der Waals surface area contributed by atoms with Crippen LogP contribution in [0, 0.1) is 16.7 Å². The van der Waals surface area contributed by atoms with Gasteiger partial charge in [0, 0.05) is 37.2 Å². The van der Waals surface area contributed by atoms with Crippen molar-refractivity contribution >= 4 is 5.91 Å². The van der Waals surface area contributed by atoms with E-state index in [1.807, 2.05) is 0 Å². The molecule has 0 unspecified atom stereocenters. The summed E-state index contributed by atoms with van der Waals surface area (Å²) < 4.78 is 10.5. The summed E-state index contributed by atoms with van der Waals surface area (Å²) in [5.41, 5.74) is 0.373. The number of amides is 1. The molecule has 2 N–H and O–H groups in total. The molecule has 1 aromatic rings. The number of fused-ring (bicyclic) bond motifs is 1. The van der Waals surface area contributed by atoms with Gasteiger partial charge in [-0.25, -0.2) is 0 Å². The van der Waals surface area contributed by atoms with E-state index in [1.54, 1.807) is 18.1 Å². The molecule has 138 valence electrons. The lowest BCUT2D eigenvalue weighted by molar-refractivity contribution is -0.0976. The number of methoxy groups -OCH3 is 1. The third kappa shape index (κ3) is 3.20. The Morgan fingerprint density at radius 2 is 2.08 bits per heavy atom. The molecular formula is C19H27NO5. The number of carbonyl (C=O) groups is 1. The zero-order valence-corrected chi connectivity index (χ0v) is 15.1. The number of phenols is 1. The van der Waals surface area contributed by atoms with Crippen LogP contribution in [0.4, 0.5) is 0 Å². The maximum absolute atomic E-state index is 12.9. The van der Waals surface area contributed by atoms with Crippen molar-refractivity contribution in [2.75, 3.05) is 40.0 Å². The van der Waals surface area contributed by atoms with Gasteiger partial charge in [-0.2, -0.15) is 0 Å². The molecule has 25 heavy (non-hydrogen) atoms. The molecule has 0 aromatic heterocycles. The molecule has 6 heteroatoms. The first-order chi connectivity index (χ1) is 11.8. The first-order valence-corrected chi connectivity index (χ1v) is 8.67. The number of ether oxygens (including phenoxy) is 2. The van der Waals surface area contributed by atoms with Crippen molar-refractivity contribution in [3.05, 3.63) is 23.8 Å². The SMILES string of the molecule is COCCOc1cc(O)cc(C(=O)N2C[C@@H]3C(C)(C)C[C@]3(CO)C2)c1. The fourth-order valence-corrected chi connectivity index (χ4v) is 4.71. The molecular weight excluding hydrogens is 322 g/mol. The number of benzene rings is 1. The van der Waals surface area contributed by atoms with Crippen molar-refractivity contribution in [3.63, 3.8) is 0 Å². The Morgan fingerprint density at radius 3 is 2.68 bits per heavy atom. The second-order valence-electron chi connectivity index (χ2n) is 7.98. The Balaban J connectivity index is 1.75. The van der Waals surface area contributed by atoms with Crippen LogP contribution >= 0.6 is 0 Å². The first-order valence-electron chi connectivity index (χ1n) is 8.67. The van der Waals surface area contributed by atoms with Crippen LogP contribution in [-0.2, 0) is 4.74 Å². The number of aliphatic hydroxyl groups is 1. The molecule has 1 heterocycles. The zero-order valence-electron chi connectivity index (χ0n) is 15.1. The van der Waals surface area contributed by atoms with Crippen molar-refractivity contribution in [3.8, 4) is 11.5 Å². The number of carbonyl (C=O) groups excluding carboxylic acids is 1. The minimum absolute atomic E-state index is 0.00219. The third-order valence-corrected chi connectivity index (χ3v) is 5.70. The number of aliphatic hydroxyl groups excluding tert-OH is 1. The van der Waals surface area contributed by atoms with Crippen molar-refractivity contribution in [1.82, 2.24) is 4.90 Å². The van der Waals surface area contributed by atoms with Gasteiger partial charge in [0.25, 0.3) is 5.91 Å². The second kappa shape index (κ2) is 6.50. The molecule has 2 fully saturated rings. The summed E-state index contributed by atoms with van der Waals surface area (Å²) in [5.74, 6) is 0.617. The summed E-state index contributed by atoms with van der Waals surface area (Å²) in [4.78, 5) is 14.7. The van der Waals surface area contributed by atoms with Crippen molar-refractivity contribution < 1.29 is 24.5 Å². The van der Waals surface area contributed by atoms with Gasteiger partial charge in [0.15, 0.2) is 0 Å². The van der Waals surface area contributed by atoms with Gasteiger partial charge < -0.3 is 24.6 Å². The zero-order chi connectivity index (χ0) is 18.2. The van der Waals surface area contributed by atoms with Crippen LogP contribution in [0.15, 0.2) is 18.2 Å². The van der Waals surface area contributed by atoms with Gasteiger partial charge in [-0.3, -0.25) is 4.79 Å². The standard InChI is InChI=1S/C19H27NO5/c1-18(2)10-19(12-21)11-20(9-16(18)19)17(23)13-6-14(22)8-15(7-13)25-5-4-24-3/h6-8,16,21-22H,4-5,9-12H2,1-3H3/t16-,19-/m1/s1. The van der Waals surface area contributed by atoms with Crippen LogP contribution in [0.25, 0.3) is 0 Å². The maximum atomic E-state index is 12.9. The average molecular weight is 349 g/mol. The number of nitrogens with zero attached hydrogens (tertiary/aromatic N) is 1. The molecule has 1 aliphatic heterocycles. The van der Waals surface area contributed by atoms with E-state index < -0.39 is 0 Å². The van der Waals surface area contributed by atoms with E-state index >= 15 is 0 Å². The molecule has 1 aliphatic carbocycles. The number of hydrogen-bond acceptors (Lipinski definition) is 5. The molecule has 1 saturated carbocycles. The lowest BCUT2D eigenvalue weighted by Crippen LogP contribution is -2.54. The number of likely N-dealkylation sites (tertiary alicyclic amines) is 1. The Kier molecular flexibility index (Phi) is 4.68. The van der Waals surface area contributed by atoms with Crippen LogP contribution < -0.4 is 4.74 Å². The van der Waals surface area contributed by atoms with E-state index in [0.717, 1.165) is 6.42 Å². The molecule has 6 nitrogen and oxygen atoms in total. The van der Waals surface area contributed by atoms with Crippen LogP contribution in [0.3, 0.4) is 0 Å². The highest BCUT2D eigenvalue weighted by Gasteiger charge is 2.63. The number of aromatic hydroxyl groups is 1. The largest absolute Gasteiger partial charge is 0.508 e. The fraction of sp³-hybridized carbons (Fsp3) is 0.632. The van der Waals surface area contributed by atoms with Crippen molar-refractivity contribution in [2.24, 2.45) is 16.7 Å². The minimum Gasteiger partial charge on any atom is -0.508 e. The molecule has 2 atom stereocenters. The molecule has 3 rings (SSSR count). The smallest absolute Gasteiger partial charge is 0.254 e. The Morgan fingerprint density at radius 1 is 1.32 bits per heavy atom. The topological polar surface area (TPSA) is 79.2 Å².